The molecule has 0 spiro atoms. The molecule has 180 valence electrons. The molecule has 0 radical (unpaired) electrons. The highest BCUT2D eigenvalue weighted by Gasteiger charge is 2.18. The van der Waals surface area contributed by atoms with Gasteiger partial charge in [-0.25, -0.2) is 0 Å². The molecule has 0 aliphatic rings. The lowest BCUT2D eigenvalue weighted by molar-refractivity contribution is 0.202. The van der Waals surface area contributed by atoms with Crippen LogP contribution in [0.5, 0.6) is 11.5 Å². The Balaban J connectivity index is 1.77. The predicted molar refractivity (Wildman–Crippen MR) is 141 cm³/mol. The first-order chi connectivity index (χ1) is 17.2. The highest BCUT2D eigenvalue weighted by atomic mass is 16.5. The van der Waals surface area contributed by atoms with Crippen molar-refractivity contribution in [3.63, 3.8) is 0 Å². The zero-order chi connectivity index (χ0) is 24.5. The summed E-state index contributed by atoms with van der Waals surface area (Å²) < 4.78 is 11.7. The van der Waals surface area contributed by atoms with Crippen LogP contribution in [0.1, 0.15) is 30.4 Å². The third kappa shape index (κ3) is 5.91. The van der Waals surface area contributed by atoms with E-state index in [9.17, 15) is 10.2 Å². The standard InChI is InChI=1S/C31H32O4/c1-2-27(25-13-15-30(34-19-17-32)28(21-25)23-9-5-3-6-10-23)26-14-16-31(35-20-18-33)29(22-26)24-11-7-4-8-12-24/h3-16,21-22,27,32-33H,2,17-20H2,1H3. The number of rotatable bonds is 11. The molecule has 0 atom stereocenters. The van der Waals surface area contributed by atoms with Gasteiger partial charge in [-0.1, -0.05) is 79.7 Å². The van der Waals surface area contributed by atoms with Crippen molar-refractivity contribution in [2.45, 2.75) is 19.3 Å². The second-order valence-corrected chi connectivity index (χ2v) is 8.35. The fourth-order valence-electron chi connectivity index (χ4n) is 4.44. The lowest BCUT2D eigenvalue weighted by Gasteiger charge is -2.21. The minimum atomic E-state index is -0.0273. The van der Waals surface area contributed by atoms with E-state index in [-0.39, 0.29) is 32.3 Å². The number of benzene rings is 4. The van der Waals surface area contributed by atoms with E-state index in [0.29, 0.717) is 0 Å². The highest BCUT2D eigenvalue weighted by molar-refractivity contribution is 5.73. The Hall–Kier alpha value is -3.60. The van der Waals surface area contributed by atoms with E-state index in [1.807, 2.05) is 48.5 Å². The molecule has 0 saturated heterocycles. The van der Waals surface area contributed by atoms with Crippen molar-refractivity contribution >= 4 is 0 Å². The van der Waals surface area contributed by atoms with Gasteiger partial charge in [0.1, 0.15) is 24.7 Å². The van der Waals surface area contributed by atoms with Gasteiger partial charge in [0, 0.05) is 17.0 Å². The fraction of sp³-hybridized carbons (Fsp3) is 0.226. The summed E-state index contributed by atoms with van der Waals surface area (Å²) in [6, 6.07) is 33.0. The molecule has 35 heavy (non-hydrogen) atoms. The van der Waals surface area contributed by atoms with E-state index >= 15 is 0 Å². The van der Waals surface area contributed by atoms with Gasteiger partial charge in [-0.2, -0.15) is 0 Å². The van der Waals surface area contributed by atoms with Crippen LogP contribution in [0, 0.1) is 0 Å². The van der Waals surface area contributed by atoms with Gasteiger partial charge in [-0.15, -0.1) is 0 Å². The quantitative estimate of drug-likeness (QED) is 0.271. The zero-order valence-corrected chi connectivity index (χ0v) is 20.1. The Labute approximate surface area is 207 Å². The monoisotopic (exact) mass is 468 g/mol. The summed E-state index contributed by atoms with van der Waals surface area (Å²) in [7, 11) is 0. The first kappa shape index (κ1) is 24.5. The minimum Gasteiger partial charge on any atom is -0.491 e. The Morgan fingerprint density at radius 2 is 1.03 bits per heavy atom. The first-order valence-corrected chi connectivity index (χ1v) is 12.1. The molecule has 0 saturated carbocycles. The maximum atomic E-state index is 9.27. The Morgan fingerprint density at radius 1 is 0.600 bits per heavy atom. The smallest absolute Gasteiger partial charge is 0.127 e. The Morgan fingerprint density at radius 3 is 1.40 bits per heavy atom. The van der Waals surface area contributed by atoms with Crippen LogP contribution >= 0.6 is 0 Å². The van der Waals surface area contributed by atoms with Gasteiger partial charge >= 0.3 is 0 Å². The molecule has 0 amide bonds. The van der Waals surface area contributed by atoms with E-state index in [1.54, 1.807) is 0 Å². The summed E-state index contributed by atoms with van der Waals surface area (Å²) in [4.78, 5) is 0. The van der Waals surface area contributed by atoms with Crippen molar-refractivity contribution in [2.75, 3.05) is 26.4 Å². The molecular formula is C31H32O4. The molecule has 0 aliphatic carbocycles. The molecule has 4 nitrogen and oxygen atoms in total. The van der Waals surface area contributed by atoms with Gasteiger partial charge in [0.25, 0.3) is 0 Å². The molecule has 0 heterocycles. The van der Waals surface area contributed by atoms with Crippen LogP contribution in [0.4, 0.5) is 0 Å². The predicted octanol–water partition coefficient (Wildman–Crippen LogP) is 6.30. The van der Waals surface area contributed by atoms with E-state index in [4.69, 9.17) is 9.47 Å². The van der Waals surface area contributed by atoms with Crippen molar-refractivity contribution < 1.29 is 19.7 Å². The largest absolute Gasteiger partial charge is 0.491 e. The van der Waals surface area contributed by atoms with Gasteiger partial charge in [0.2, 0.25) is 0 Å². The van der Waals surface area contributed by atoms with Gasteiger partial charge in [0.05, 0.1) is 13.2 Å². The molecule has 4 rings (SSSR count). The van der Waals surface area contributed by atoms with Gasteiger partial charge in [-0.05, 0) is 52.9 Å². The molecule has 0 fully saturated rings. The van der Waals surface area contributed by atoms with E-state index in [0.717, 1.165) is 40.2 Å². The van der Waals surface area contributed by atoms with Crippen molar-refractivity contribution in [3.8, 4) is 33.8 Å². The second kappa shape index (κ2) is 12.2. The zero-order valence-electron chi connectivity index (χ0n) is 20.1. The number of hydrogen-bond donors (Lipinski definition) is 2. The normalized spacial score (nSPS) is 11.0. The van der Waals surface area contributed by atoms with Gasteiger partial charge in [0.15, 0.2) is 0 Å². The van der Waals surface area contributed by atoms with E-state index < -0.39 is 0 Å². The number of hydrogen-bond acceptors (Lipinski definition) is 4. The lowest BCUT2D eigenvalue weighted by atomic mass is 9.85. The Bertz CT molecular complexity index is 1110. The molecule has 4 aromatic rings. The van der Waals surface area contributed by atoms with Crippen molar-refractivity contribution in [2.24, 2.45) is 0 Å². The topological polar surface area (TPSA) is 58.9 Å². The average Bonchev–Trinajstić information content (AvgIpc) is 2.92. The lowest BCUT2D eigenvalue weighted by Crippen LogP contribution is -2.06. The summed E-state index contributed by atoms with van der Waals surface area (Å²) in [5, 5.41) is 18.5. The van der Waals surface area contributed by atoms with Crippen molar-refractivity contribution in [1.82, 2.24) is 0 Å². The summed E-state index contributed by atoms with van der Waals surface area (Å²) in [6.07, 6.45) is 0.927. The number of ether oxygens (including phenoxy) is 2. The van der Waals surface area contributed by atoms with Crippen LogP contribution in [0.3, 0.4) is 0 Å². The van der Waals surface area contributed by atoms with Crippen molar-refractivity contribution in [3.05, 3.63) is 108 Å². The summed E-state index contributed by atoms with van der Waals surface area (Å²) >= 11 is 0. The van der Waals surface area contributed by atoms with Crippen molar-refractivity contribution in [1.29, 1.82) is 0 Å². The minimum absolute atomic E-state index is 0.0273. The molecule has 0 aliphatic heterocycles. The third-order valence-corrected chi connectivity index (χ3v) is 6.09. The maximum absolute atomic E-state index is 9.27. The van der Waals surface area contributed by atoms with Crippen LogP contribution < -0.4 is 9.47 Å². The second-order valence-electron chi connectivity index (χ2n) is 8.35. The average molecular weight is 469 g/mol. The fourth-order valence-corrected chi connectivity index (χ4v) is 4.44. The molecule has 4 heteroatoms. The van der Waals surface area contributed by atoms with Crippen LogP contribution in [0.25, 0.3) is 22.3 Å². The Kier molecular flexibility index (Phi) is 8.55. The molecular weight excluding hydrogens is 436 g/mol. The van der Waals surface area contributed by atoms with Gasteiger partial charge < -0.3 is 19.7 Å². The van der Waals surface area contributed by atoms with E-state index in [1.165, 1.54) is 11.1 Å². The van der Waals surface area contributed by atoms with Gasteiger partial charge in [-0.3, -0.25) is 0 Å². The molecule has 0 aromatic heterocycles. The third-order valence-electron chi connectivity index (χ3n) is 6.09. The molecule has 2 N–H and O–H groups in total. The van der Waals surface area contributed by atoms with Crippen LogP contribution in [0.15, 0.2) is 97.1 Å². The van der Waals surface area contributed by atoms with Crippen LogP contribution in [-0.4, -0.2) is 36.6 Å². The number of aliphatic hydroxyl groups is 2. The summed E-state index contributed by atoms with van der Waals surface area (Å²) in [6.45, 7) is 2.65. The molecule has 0 bridgehead atoms. The molecule has 4 aromatic carbocycles. The number of aliphatic hydroxyl groups excluding tert-OH is 2. The van der Waals surface area contributed by atoms with Crippen LogP contribution in [0.2, 0.25) is 0 Å². The summed E-state index contributed by atoms with van der Waals surface area (Å²) in [5.41, 5.74) is 6.59. The highest BCUT2D eigenvalue weighted by Crippen LogP contribution is 2.39. The van der Waals surface area contributed by atoms with Crippen LogP contribution in [-0.2, 0) is 0 Å². The first-order valence-electron chi connectivity index (χ1n) is 12.1. The SMILES string of the molecule is CCC(c1ccc(OCCO)c(-c2ccccc2)c1)c1ccc(OCCO)c(-c2ccccc2)c1. The summed E-state index contributed by atoms with van der Waals surface area (Å²) in [5.74, 6) is 1.71. The maximum Gasteiger partial charge on any atom is 0.127 e. The molecule has 0 unspecified atom stereocenters. The van der Waals surface area contributed by atoms with E-state index in [2.05, 4.69) is 55.5 Å².